The first-order valence-corrected chi connectivity index (χ1v) is 14.0. The van der Waals surface area contributed by atoms with E-state index in [4.69, 9.17) is 9.47 Å². The van der Waals surface area contributed by atoms with Crippen molar-refractivity contribution in [3.8, 4) is 5.75 Å². The van der Waals surface area contributed by atoms with Gasteiger partial charge in [0.15, 0.2) is 0 Å². The molecule has 210 valence electrons. The van der Waals surface area contributed by atoms with E-state index in [9.17, 15) is 23.3 Å². The molecule has 1 saturated heterocycles. The lowest BCUT2D eigenvalue weighted by atomic mass is 10.1. The van der Waals surface area contributed by atoms with E-state index in [1.807, 2.05) is 11.8 Å². The highest BCUT2D eigenvalue weighted by atomic mass is 32.2. The molecule has 0 aliphatic carbocycles. The lowest BCUT2D eigenvalue weighted by molar-refractivity contribution is -0.384. The molecule has 0 bridgehead atoms. The molecular formula is C27H29N5O7S. The van der Waals surface area contributed by atoms with Crippen molar-refractivity contribution in [2.45, 2.75) is 11.8 Å². The zero-order valence-electron chi connectivity index (χ0n) is 21.8. The number of carbonyl (C=O) groups excluding carboxylic acids is 1. The van der Waals surface area contributed by atoms with Crippen LogP contribution in [0.2, 0.25) is 0 Å². The van der Waals surface area contributed by atoms with Crippen molar-refractivity contribution in [2.75, 3.05) is 48.7 Å². The fraction of sp³-hybridized carbons (Fsp3) is 0.259. The number of nitro benzene ring substituents is 1. The Hall–Kier alpha value is -4.49. The second-order valence-corrected chi connectivity index (χ2v) is 10.5. The van der Waals surface area contributed by atoms with Crippen molar-refractivity contribution >= 4 is 39.2 Å². The van der Waals surface area contributed by atoms with Crippen molar-refractivity contribution in [3.05, 3.63) is 88.5 Å². The minimum Gasteiger partial charge on any atom is -0.494 e. The van der Waals surface area contributed by atoms with Crippen molar-refractivity contribution in [2.24, 2.45) is 5.10 Å². The summed E-state index contributed by atoms with van der Waals surface area (Å²) in [6.45, 7) is 3.94. The summed E-state index contributed by atoms with van der Waals surface area (Å²) in [7, 11) is -4.12. The second kappa shape index (κ2) is 13.0. The van der Waals surface area contributed by atoms with Crippen LogP contribution in [0.1, 0.15) is 12.5 Å². The fourth-order valence-corrected chi connectivity index (χ4v) is 5.52. The van der Waals surface area contributed by atoms with E-state index in [2.05, 4.69) is 10.5 Å². The number of nitrogens with zero attached hydrogens (tertiary/aromatic N) is 4. The number of sulfonamides is 1. The molecule has 13 heteroatoms. The van der Waals surface area contributed by atoms with Gasteiger partial charge in [-0.2, -0.15) is 5.10 Å². The first kappa shape index (κ1) is 28.5. The van der Waals surface area contributed by atoms with Crippen molar-refractivity contribution < 1.29 is 27.6 Å². The molecule has 3 aromatic rings. The number of para-hydroxylation sites is 1. The van der Waals surface area contributed by atoms with Crippen molar-refractivity contribution in [1.29, 1.82) is 0 Å². The topological polar surface area (TPSA) is 144 Å². The predicted octanol–water partition coefficient (Wildman–Crippen LogP) is 3.18. The van der Waals surface area contributed by atoms with Crippen LogP contribution >= 0.6 is 0 Å². The predicted molar refractivity (Wildman–Crippen MR) is 150 cm³/mol. The summed E-state index contributed by atoms with van der Waals surface area (Å²) in [6, 6.07) is 18.6. The Morgan fingerprint density at radius 2 is 1.82 bits per heavy atom. The zero-order valence-corrected chi connectivity index (χ0v) is 22.6. The third-order valence-corrected chi connectivity index (χ3v) is 7.81. The Morgan fingerprint density at radius 1 is 1.12 bits per heavy atom. The maximum absolute atomic E-state index is 13.5. The lowest BCUT2D eigenvalue weighted by Crippen LogP contribution is -2.39. The number of hydrogen-bond donors (Lipinski definition) is 1. The summed E-state index contributed by atoms with van der Waals surface area (Å²) < 4.78 is 38.8. The van der Waals surface area contributed by atoms with Gasteiger partial charge < -0.3 is 14.4 Å². The molecule has 1 aliphatic rings. The van der Waals surface area contributed by atoms with E-state index in [0.29, 0.717) is 55.6 Å². The highest BCUT2D eigenvalue weighted by Crippen LogP contribution is 2.26. The summed E-state index contributed by atoms with van der Waals surface area (Å²) in [6.07, 6.45) is 1.31. The first-order chi connectivity index (χ1) is 19.3. The molecule has 0 spiro atoms. The first-order valence-electron chi connectivity index (χ1n) is 12.5. The van der Waals surface area contributed by atoms with E-state index < -0.39 is 27.4 Å². The summed E-state index contributed by atoms with van der Waals surface area (Å²) in [4.78, 5) is 25.7. The Balaban J connectivity index is 1.55. The monoisotopic (exact) mass is 567 g/mol. The number of carbonyl (C=O) groups is 1. The number of amides is 1. The lowest BCUT2D eigenvalue weighted by Gasteiger charge is -2.29. The van der Waals surface area contributed by atoms with E-state index in [0.717, 1.165) is 4.31 Å². The minimum atomic E-state index is -4.12. The molecule has 1 aliphatic heterocycles. The average molecular weight is 568 g/mol. The van der Waals surface area contributed by atoms with Gasteiger partial charge in [-0.1, -0.05) is 18.2 Å². The van der Waals surface area contributed by atoms with Gasteiger partial charge >= 0.3 is 0 Å². The molecule has 1 fully saturated rings. The molecule has 0 atom stereocenters. The second-order valence-electron chi connectivity index (χ2n) is 8.64. The Bertz CT molecular complexity index is 1460. The summed E-state index contributed by atoms with van der Waals surface area (Å²) in [5.74, 6) is -0.176. The number of nitro groups is 1. The standard InChI is InChI=1S/C27H29N5O7S/c1-2-39-24-9-11-25(12-10-24)40(36,37)31(22-6-4-3-5-7-22)20-27(33)29-28-19-21-18-23(32(34)35)8-13-26(21)30-14-16-38-17-15-30/h3-13,18-19H,2,14-17,20H2,1H3,(H,29,33)/b28-19-. The van der Waals surface area contributed by atoms with Gasteiger partial charge in [-0.3, -0.25) is 19.2 Å². The fourth-order valence-electron chi connectivity index (χ4n) is 4.10. The van der Waals surface area contributed by atoms with Gasteiger partial charge in [-0.05, 0) is 49.4 Å². The molecular weight excluding hydrogens is 538 g/mol. The number of hydrazone groups is 1. The largest absolute Gasteiger partial charge is 0.494 e. The number of benzene rings is 3. The number of morpholine rings is 1. The van der Waals surface area contributed by atoms with Crippen LogP contribution < -0.4 is 19.4 Å². The maximum Gasteiger partial charge on any atom is 0.270 e. The number of nitrogens with one attached hydrogen (secondary N) is 1. The molecule has 0 radical (unpaired) electrons. The van der Waals surface area contributed by atoms with Crippen LogP contribution in [-0.2, 0) is 19.6 Å². The zero-order chi connectivity index (χ0) is 28.5. The van der Waals surface area contributed by atoms with Gasteiger partial charge in [0, 0.05) is 36.5 Å². The number of hydrogen-bond acceptors (Lipinski definition) is 9. The Kier molecular flexibility index (Phi) is 9.30. The van der Waals surface area contributed by atoms with Crippen LogP contribution in [0.15, 0.2) is 82.8 Å². The normalized spacial score (nSPS) is 13.7. The van der Waals surface area contributed by atoms with Crippen LogP contribution in [0.25, 0.3) is 0 Å². The number of rotatable bonds is 11. The van der Waals surface area contributed by atoms with Crippen LogP contribution in [0.5, 0.6) is 5.75 Å². The number of anilines is 2. The summed E-state index contributed by atoms with van der Waals surface area (Å²) in [5, 5.41) is 15.3. The van der Waals surface area contributed by atoms with E-state index >= 15 is 0 Å². The molecule has 4 rings (SSSR count). The third-order valence-electron chi connectivity index (χ3n) is 6.02. The highest BCUT2D eigenvalue weighted by molar-refractivity contribution is 7.92. The number of ether oxygens (including phenoxy) is 2. The molecule has 1 amide bonds. The average Bonchev–Trinajstić information content (AvgIpc) is 2.97. The minimum absolute atomic E-state index is 0.0112. The van der Waals surface area contributed by atoms with Gasteiger partial charge in [0.1, 0.15) is 12.3 Å². The number of non-ortho nitro benzene ring substituents is 1. The molecule has 12 nitrogen and oxygen atoms in total. The van der Waals surface area contributed by atoms with Gasteiger partial charge in [0.25, 0.3) is 21.6 Å². The van der Waals surface area contributed by atoms with Gasteiger partial charge in [0.2, 0.25) is 0 Å². The van der Waals surface area contributed by atoms with Crippen LogP contribution in [-0.4, -0.2) is 64.9 Å². The molecule has 0 saturated carbocycles. The smallest absolute Gasteiger partial charge is 0.270 e. The Labute approximate surface area is 232 Å². The Morgan fingerprint density at radius 3 is 2.48 bits per heavy atom. The van der Waals surface area contributed by atoms with E-state index in [1.54, 1.807) is 48.5 Å². The summed E-state index contributed by atoms with van der Waals surface area (Å²) in [5.41, 5.74) is 3.66. The van der Waals surface area contributed by atoms with Crippen LogP contribution in [0, 0.1) is 10.1 Å². The van der Waals surface area contributed by atoms with Gasteiger partial charge in [-0.25, -0.2) is 13.8 Å². The van der Waals surface area contributed by atoms with Crippen LogP contribution in [0.4, 0.5) is 17.1 Å². The van der Waals surface area contributed by atoms with Gasteiger partial charge in [-0.15, -0.1) is 0 Å². The molecule has 1 N–H and O–H groups in total. The quantitative estimate of drug-likeness (QED) is 0.211. The molecule has 40 heavy (non-hydrogen) atoms. The maximum atomic E-state index is 13.5. The third kappa shape index (κ3) is 6.93. The van der Waals surface area contributed by atoms with Crippen molar-refractivity contribution in [1.82, 2.24) is 5.43 Å². The van der Waals surface area contributed by atoms with Crippen LogP contribution in [0.3, 0.4) is 0 Å². The SMILES string of the molecule is CCOc1ccc(S(=O)(=O)N(CC(=O)N/N=C\c2cc([N+](=O)[O-])ccc2N2CCOCC2)c2ccccc2)cc1. The molecule has 1 heterocycles. The molecule has 0 unspecified atom stereocenters. The van der Waals surface area contributed by atoms with E-state index in [-0.39, 0.29) is 10.6 Å². The summed E-state index contributed by atoms with van der Waals surface area (Å²) >= 11 is 0. The molecule has 0 aromatic heterocycles. The molecule has 3 aromatic carbocycles. The van der Waals surface area contributed by atoms with Crippen molar-refractivity contribution in [3.63, 3.8) is 0 Å². The van der Waals surface area contributed by atoms with E-state index in [1.165, 1.54) is 30.5 Å². The highest BCUT2D eigenvalue weighted by Gasteiger charge is 2.27. The van der Waals surface area contributed by atoms with Gasteiger partial charge in [0.05, 0.1) is 41.5 Å².